The average Bonchev–Trinajstić information content (AvgIpc) is 4.12. The molecule has 0 bridgehead atoms. The Morgan fingerprint density at radius 2 is 0.870 bits per heavy atom. The van der Waals surface area contributed by atoms with E-state index in [0.717, 1.165) is 27.8 Å². The van der Waals surface area contributed by atoms with Gasteiger partial charge in [0.15, 0.2) is 17.5 Å². The van der Waals surface area contributed by atoms with Crippen molar-refractivity contribution in [1.29, 1.82) is 0 Å². The largest absolute Gasteiger partial charge is 0.308 e. The summed E-state index contributed by atoms with van der Waals surface area (Å²) in [5.74, 6) is 1.90. The zero-order valence-electron chi connectivity index (χ0n) is 37.0. The molecule has 0 saturated heterocycles. The molecule has 318 valence electrons. The maximum Gasteiger partial charge on any atom is 0.164 e. The van der Waals surface area contributed by atoms with Gasteiger partial charge in [0.1, 0.15) is 0 Å². The molecule has 4 heterocycles. The molecule has 0 amide bonds. The highest BCUT2D eigenvalue weighted by Crippen LogP contribution is 2.63. The number of benzene rings is 10. The summed E-state index contributed by atoms with van der Waals surface area (Å²) in [7, 11) is 0. The maximum atomic E-state index is 5.48. The van der Waals surface area contributed by atoms with Crippen LogP contribution in [0.5, 0.6) is 0 Å². The van der Waals surface area contributed by atoms with Crippen LogP contribution in [0.1, 0.15) is 22.3 Å². The van der Waals surface area contributed by atoms with Crippen molar-refractivity contribution in [2.75, 3.05) is 0 Å². The first-order valence-electron chi connectivity index (χ1n) is 23.6. The molecule has 4 nitrogen and oxygen atoms in total. The summed E-state index contributed by atoms with van der Waals surface area (Å²) in [5.41, 5.74) is 18.4. The average molecular weight is 893 g/mol. The Labute approximate surface area is 400 Å². The third-order valence-electron chi connectivity index (χ3n) is 15.2. The van der Waals surface area contributed by atoms with Crippen molar-refractivity contribution in [2.45, 2.75) is 5.41 Å². The number of fused-ring (bicyclic) bond motifs is 16. The van der Waals surface area contributed by atoms with Gasteiger partial charge in [0.05, 0.1) is 22.0 Å². The monoisotopic (exact) mass is 892 g/mol. The van der Waals surface area contributed by atoms with Crippen LogP contribution < -0.4 is 0 Å². The third-order valence-corrected chi connectivity index (χ3v) is 16.3. The fraction of sp³-hybridized carbons (Fsp3) is 0.0156. The highest BCUT2D eigenvalue weighted by atomic mass is 32.1. The molecule has 5 heteroatoms. The van der Waals surface area contributed by atoms with E-state index >= 15 is 0 Å². The fourth-order valence-corrected chi connectivity index (χ4v) is 13.6. The van der Waals surface area contributed by atoms with Gasteiger partial charge in [0.25, 0.3) is 0 Å². The highest BCUT2D eigenvalue weighted by Gasteiger charge is 2.51. The molecule has 0 atom stereocenters. The summed E-state index contributed by atoms with van der Waals surface area (Å²) >= 11 is 1.89. The van der Waals surface area contributed by atoms with E-state index in [2.05, 4.69) is 217 Å². The van der Waals surface area contributed by atoms with Crippen molar-refractivity contribution >= 4 is 69.6 Å². The van der Waals surface area contributed by atoms with Crippen LogP contribution in [-0.2, 0) is 5.41 Å². The molecule has 1 spiro atoms. The minimum Gasteiger partial charge on any atom is -0.308 e. The summed E-state index contributed by atoms with van der Waals surface area (Å²) < 4.78 is 5.15. The molecule has 4 aromatic heterocycles. The normalized spacial score (nSPS) is 13.3. The molecule has 69 heavy (non-hydrogen) atoms. The number of thiophene rings is 1. The van der Waals surface area contributed by atoms with Crippen LogP contribution in [0.4, 0.5) is 0 Å². The van der Waals surface area contributed by atoms with Crippen molar-refractivity contribution in [3.63, 3.8) is 0 Å². The molecular formula is C64H36N4S. The SMILES string of the molecule is c1ccc(-c2nc(-c3ccc4c(c3)C3(c5ccccc5-c5ccccc53)c3ccccc3-4)nc(-c3ccccc3-c3ccc4c5cccc6sc7ccc8c9ccccc9n(c4c3)c8c7c65)n2)cc1. The molecule has 0 aliphatic heterocycles. The minimum absolute atomic E-state index is 0.483. The number of hydrogen-bond donors (Lipinski definition) is 0. The van der Waals surface area contributed by atoms with E-state index in [4.69, 9.17) is 15.0 Å². The second-order valence-electron chi connectivity index (χ2n) is 18.6. The topological polar surface area (TPSA) is 43.1 Å². The lowest BCUT2D eigenvalue weighted by atomic mass is 9.70. The van der Waals surface area contributed by atoms with Crippen LogP contribution >= 0.6 is 11.3 Å². The predicted molar refractivity (Wildman–Crippen MR) is 285 cm³/mol. The van der Waals surface area contributed by atoms with Crippen molar-refractivity contribution in [3.8, 4) is 67.5 Å². The van der Waals surface area contributed by atoms with E-state index in [-0.39, 0.29) is 0 Å². The molecule has 0 saturated carbocycles. The molecule has 0 radical (unpaired) electrons. The Hall–Kier alpha value is -8.77. The van der Waals surface area contributed by atoms with Gasteiger partial charge < -0.3 is 4.40 Å². The smallest absolute Gasteiger partial charge is 0.164 e. The minimum atomic E-state index is -0.483. The van der Waals surface area contributed by atoms with Crippen LogP contribution in [0.3, 0.4) is 0 Å². The summed E-state index contributed by atoms with van der Waals surface area (Å²) in [5, 5.41) is 7.71. The standard InChI is InChI=1S/C64H36N4S/c1-2-15-37(16-3-1)61-65-62(39-30-31-44-43-20-8-12-26-52(43)64(53(44)35-39)50-24-10-6-18-41(50)42-19-7-11-25-51(42)64)67-63(66-61)49-22-5-4-17-40(49)38-29-32-46-47-23-14-28-56-58(47)59-57(69-56)34-33-48-45-21-9-13-27-54(45)68(60(48)59)55(46)36-38/h1-36H. The van der Waals surface area contributed by atoms with Crippen molar-refractivity contribution in [2.24, 2.45) is 0 Å². The summed E-state index contributed by atoms with van der Waals surface area (Å²) in [4.78, 5) is 16.1. The van der Waals surface area contributed by atoms with Crippen molar-refractivity contribution in [1.82, 2.24) is 19.4 Å². The summed E-state index contributed by atoms with van der Waals surface area (Å²) in [6.45, 7) is 0. The Bertz CT molecular complexity index is 4440. The summed E-state index contributed by atoms with van der Waals surface area (Å²) in [6.07, 6.45) is 0. The lowest BCUT2D eigenvalue weighted by molar-refractivity contribution is 0.794. The molecule has 16 rings (SSSR count). The van der Waals surface area contributed by atoms with Crippen LogP contribution in [-0.4, -0.2) is 19.4 Å². The molecule has 14 aromatic rings. The van der Waals surface area contributed by atoms with Crippen molar-refractivity contribution < 1.29 is 0 Å². The van der Waals surface area contributed by atoms with E-state index in [0.29, 0.717) is 17.5 Å². The second kappa shape index (κ2) is 13.7. The van der Waals surface area contributed by atoms with Gasteiger partial charge in [-0.25, -0.2) is 15.0 Å². The third kappa shape index (κ3) is 4.89. The zero-order valence-corrected chi connectivity index (χ0v) is 37.8. The first-order valence-corrected chi connectivity index (χ1v) is 24.4. The van der Waals surface area contributed by atoms with Gasteiger partial charge in [-0.3, -0.25) is 0 Å². The van der Waals surface area contributed by atoms with Crippen LogP contribution in [0.15, 0.2) is 218 Å². The van der Waals surface area contributed by atoms with Gasteiger partial charge in [0, 0.05) is 53.0 Å². The van der Waals surface area contributed by atoms with Gasteiger partial charge in [-0.1, -0.05) is 188 Å². The number of para-hydroxylation sites is 1. The second-order valence-corrected chi connectivity index (χ2v) is 19.6. The molecular weight excluding hydrogens is 857 g/mol. The molecule has 0 unspecified atom stereocenters. The molecule has 10 aromatic carbocycles. The quantitative estimate of drug-likeness (QED) is 0.177. The lowest BCUT2D eigenvalue weighted by Crippen LogP contribution is -2.25. The van der Waals surface area contributed by atoms with E-state index in [1.165, 1.54) is 103 Å². The lowest BCUT2D eigenvalue weighted by Gasteiger charge is -2.30. The van der Waals surface area contributed by atoms with Gasteiger partial charge in [0.2, 0.25) is 0 Å². The zero-order chi connectivity index (χ0) is 45.0. The van der Waals surface area contributed by atoms with E-state index < -0.39 is 5.41 Å². The van der Waals surface area contributed by atoms with Gasteiger partial charge in [-0.2, -0.15) is 0 Å². The first kappa shape index (κ1) is 37.3. The Kier molecular flexibility index (Phi) is 7.39. The number of rotatable bonds is 4. The molecule has 2 aliphatic rings. The first-order chi connectivity index (χ1) is 34.2. The Morgan fingerprint density at radius 1 is 0.319 bits per heavy atom. The van der Waals surface area contributed by atoms with E-state index in [1.54, 1.807) is 0 Å². The van der Waals surface area contributed by atoms with E-state index in [9.17, 15) is 0 Å². The van der Waals surface area contributed by atoms with Gasteiger partial charge in [-0.05, 0) is 91.4 Å². The number of nitrogens with zero attached hydrogens (tertiary/aromatic N) is 4. The number of hydrogen-bond acceptors (Lipinski definition) is 4. The summed E-state index contributed by atoms with van der Waals surface area (Å²) in [6, 6.07) is 79.9. The maximum absolute atomic E-state index is 5.48. The van der Waals surface area contributed by atoms with Crippen LogP contribution in [0.2, 0.25) is 0 Å². The van der Waals surface area contributed by atoms with Gasteiger partial charge in [-0.15, -0.1) is 11.3 Å². The fourth-order valence-electron chi connectivity index (χ4n) is 12.5. The molecule has 0 fully saturated rings. The molecule has 0 N–H and O–H groups in total. The van der Waals surface area contributed by atoms with Crippen molar-refractivity contribution in [3.05, 3.63) is 241 Å². The number of aromatic nitrogens is 4. The predicted octanol–water partition coefficient (Wildman–Crippen LogP) is 16.4. The molecule has 2 aliphatic carbocycles. The Balaban J connectivity index is 0.934. The van der Waals surface area contributed by atoms with Gasteiger partial charge >= 0.3 is 0 Å². The van der Waals surface area contributed by atoms with Crippen LogP contribution in [0.25, 0.3) is 126 Å². The van der Waals surface area contributed by atoms with E-state index in [1.807, 2.05) is 17.4 Å². The highest BCUT2D eigenvalue weighted by molar-refractivity contribution is 7.26. The Morgan fingerprint density at radius 3 is 1.62 bits per heavy atom. The van der Waals surface area contributed by atoms with Crippen LogP contribution in [0, 0.1) is 0 Å².